The van der Waals surface area contributed by atoms with Gasteiger partial charge in [0.2, 0.25) is 0 Å². The van der Waals surface area contributed by atoms with E-state index in [1.807, 2.05) is 0 Å². The third-order valence-electron chi connectivity index (χ3n) is 9.27. The smallest absolute Gasteiger partial charge is 0.0159 e. The standard InChI is InChI=1S/C37H34/c1-22-18-27-10-6-7-12-29(27)30-16-14-25(20-33(22)30)24(3)26-15-17-32-34(21-26)37(4,5)35-19-23(2)28-11-8-9-13-31(28)36(32)35/h7-9,11-21,24H,6,10H2,1-5H3. The number of benzene rings is 5. The first-order chi connectivity index (χ1) is 17.8. The van der Waals surface area contributed by atoms with Crippen molar-refractivity contribution < 1.29 is 0 Å². The minimum Gasteiger partial charge on any atom is -0.0836 e. The second-order valence-corrected chi connectivity index (χ2v) is 11.8. The van der Waals surface area contributed by atoms with Gasteiger partial charge < -0.3 is 0 Å². The Bertz CT molecular complexity index is 1780. The number of allylic oxidation sites excluding steroid dienone is 1. The fraction of sp³-hybridized carbons (Fsp3) is 0.243. The van der Waals surface area contributed by atoms with Crippen molar-refractivity contribution in [3.05, 3.63) is 123 Å². The number of fused-ring (bicyclic) bond motifs is 8. The first-order valence-electron chi connectivity index (χ1n) is 13.7. The first-order valence-corrected chi connectivity index (χ1v) is 13.7. The maximum atomic E-state index is 2.50. The van der Waals surface area contributed by atoms with E-state index in [-0.39, 0.29) is 5.41 Å². The van der Waals surface area contributed by atoms with Crippen LogP contribution in [-0.4, -0.2) is 0 Å². The summed E-state index contributed by atoms with van der Waals surface area (Å²) in [7, 11) is 0. The Kier molecular flexibility index (Phi) is 4.83. The summed E-state index contributed by atoms with van der Waals surface area (Å²) in [5, 5.41) is 5.54. The van der Waals surface area contributed by atoms with Gasteiger partial charge in [-0.05, 0) is 104 Å². The monoisotopic (exact) mass is 478 g/mol. The Morgan fingerprint density at radius 3 is 2.27 bits per heavy atom. The van der Waals surface area contributed by atoms with Crippen LogP contribution in [0.15, 0.2) is 78.9 Å². The molecular formula is C37H34. The molecule has 5 aromatic carbocycles. The fourth-order valence-corrected chi connectivity index (χ4v) is 7.07. The van der Waals surface area contributed by atoms with E-state index in [1.165, 1.54) is 77.2 Å². The maximum Gasteiger partial charge on any atom is 0.0159 e. The molecule has 0 radical (unpaired) electrons. The predicted molar refractivity (Wildman–Crippen MR) is 160 cm³/mol. The Morgan fingerprint density at radius 2 is 1.43 bits per heavy atom. The van der Waals surface area contributed by atoms with Gasteiger partial charge in [0.05, 0.1) is 0 Å². The van der Waals surface area contributed by atoms with Crippen LogP contribution in [-0.2, 0) is 11.8 Å². The van der Waals surface area contributed by atoms with Gasteiger partial charge in [0.15, 0.2) is 0 Å². The topological polar surface area (TPSA) is 0 Å². The average molecular weight is 479 g/mol. The number of hydrogen-bond acceptors (Lipinski definition) is 0. The summed E-state index contributed by atoms with van der Waals surface area (Å²) in [6, 6.07) is 28.2. The van der Waals surface area contributed by atoms with Gasteiger partial charge in [-0.15, -0.1) is 0 Å². The summed E-state index contributed by atoms with van der Waals surface area (Å²) in [5.74, 6) is 0.332. The summed E-state index contributed by atoms with van der Waals surface area (Å²) < 4.78 is 0. The zero-order valence-electron chi connectivity index (χ0n) is 22.6. The molecule has 0 fully saturated rings. The predicted octanol–water partition coefficient (Wildman–Crippen LogP) is 10.0. The molecule has 0 aromatic heterocycles. The molecule has 0 heterocycles. The SMILES string of the molecule is Cc1cc2c(c3ccc(C(C)c4ccc5c(c4)C(C)(C)c4cc(C)c6ccccc6c4-5)cc13)C=CCC2. The van der Waals surface area contributed by atoms with Gasteiger partial charge in [-0.1, -0.05) is 106 Å². The maximum absolute atomic E-state index is 2.50. The van der Waals surface area contributed by atoms with Crippen LogP contribution in [0.4, 0.5) is 0 Å². The van der Waals surface area contributed by atoms with Crippen LogP contribution in [0, 0.1) is 13.8 Å². The molecule has 2 aliphatic carbocycles. The van der Waals surface area contributed by atoms with E-state index in [0.29, 0.717) is 5.92 Å². The number of hydrogen-bond donors (Lipinski definition) is 0. The highest BCUT2D eigenvalue weighted by atomic mass is 14.4. The largest absolute Gasteiger partial charge is 0.0836 e. The van der Waals surface area contributed by atoms with E-state index in [9.17, 15) is 0 Å². The van der Waals surface area contributed by atoms with Crippen LogP contribution >= 0.6 is 0 Å². The van der Waals surface area contributed by atoms with Crippen LogP contribution in [0.5, 0.6) is 0 Å². The van der Waals surface area contributed by atoms with Crippen molar-refractivity contribution in [3.8, 4) is 11.1 Å². The van der Waals surface area contributed by atoms with Crippen LogP contribution in [0.25, 0.3) is 38.7 Å². The summed E-state index contributed by atoms with van der Waals surface area (Å²) in [6.07, 6.45) is 6.96. The van der Waals surface area contributed by atoms with Crippen molar-refractivity contribution >= 4 is 27.6 Å². The van der Waals surface area contributed by atoms with Gasteiger partial charge in [0.25, 0.3) is 0 Å². The van der Waals surface area contributed by atoms with Crippen molar-refractivity contribution in [2.75, 3.05) is 0 Å². The van der Waals surface area contributed by atoms with E-state index >= 15 is 0 Å². The normalized spacial score (nSPS) is 16.0. The van der Waals surface area contributed by atoms with Crippen molar-refractivity contribution in [1.82, 2.24) is 0 Å². The minimum atomic E-state index is -0.0133. The molecule has 0 amide bonds. The highest BCUT2D eigenvalue weighted by Gasteiger charge is 2.37. The Balaban J connectivity index is 1.35. The molecule has 2 aliphatic rings. The molecule has 0 bridgehead atoms. The van der Waals surface area contributed by atoms with E-state index < -0.39 is 0 Å². The van der Waals surface area contributed by atoms with E-state index in [0.717, 1.165) is 12.8 Å². The van der Waals surface area contributed by atoms with Gasteiger partial charge in [-0.3, -0.25) is 0 Å². The van der Waals surface area contributed by atoms with Crippen LogP contribution in [0.3, 0.4) is 0 Å². The fourth-order valence-electron chi connectivity index (χ4n) is 7.07. The van der Waals surface area contributed by atoms with Crippen LogP contribution in [0.1, 0.15) is 77.6 Å². The minimum absolute atomic E-state index is 0.0133. The zero-order chi connectivity index (χ0) is 25.5. The molecule has 0 aliphatic heterocycles. The van der Waals surface area contributed by atoms with Crippen molar-refractivity contribution in [2.45, 2.75) is 58.8 Å². The van der Waals surface area contributed by atoms with Gasteiger partial charge >= 0.3 is 0 Å². The molecule has 1 unspecified atom stereocenters. The third-order valence-corrected chi connectivity index (χ3v) is 9.27. The van der Waals surface area contributed by atoms with Gasteiger partial charge in [0, 0.05) is 11.3 Å². The van der Waals surface area contributed by atoms with Crippen molar-refractivity contribution in [3.63, 3.8) is 0 Å². The molecule has 0 saturated carbocycles. The van der Waals surface area contributed by atoms with Crippen LogP contribution in [0.2, 0.25) is 0 Å². The first kappa shape index (κ1) is 22.5. The molecule has 0 spiro atoms. The summed E-state index contributed by atoms with van der Waals surface area (Å²) in [6.45, 7) is 11.7. The lowest BCUT2D eigenvalue weighted by molar-refractivity contribution is 0.658. The lowest BCUT2D eigenvalue weighted by Crippen LogP contribution is -2.15. The Hall–Kier alpha value is -3.64. The van der Waals surface area contributed by atoms with Gasteiger partial charge in [0.1, 0.15) is 0 Å². The molecule has 182 valence electrons. The van der Waals surface area contributed by atoms with Crippen molar-refractivity contribution in [1.29, 1.82) is 0 Å². The number of aryl methyl sites for hydroxylation is 3. The van der Waals surface area contributed by atoms with Gasteiger partial charge in [-0.25, -0.2) is 0 Å². The van der Waals surface area contributed by atoms with Crippen LogP contribution < -0.4 is 0 Å². The van der Waals surface area contributed by atoms with E-state index in [1.54, 1.807) is 0 Å². The average Bonchev–Trinajstić information content (AvgIpc) is 3.14. The molecule has 0 N–H and O–H groups in total. The van der Waals surface area contributed by atoms with E-state index in [4.69, 9.17) is 0 Å². The molecule has 1 atom stereocenters. The molecule has 0 heteroatoms. The summed E-state index contributed by atoms with van der Waals surface area (Å²) in [5.41, 5.74) is 14.2. The molecule has 5 aromatic rings. The zero-order valence-corrected chi connectivity index (χ0v) is 22.6. The quantitative estimate of drug-likeness (QED) is 0.237. The molecule has 0 nitrogen and oxygen atoms in total. The second kappa shape index (κ2) is 7.93. The summed E-state index contributed by atoms with van der Waals surface area (Å²) in [4.78, 5) is 0. The Morgan fingerprint density at radius 1 is 0.703 bits per heavy atom. The highest BCUT2D eigenvalue weighted by molar-refractivity contribution is 6.04. The lowest BCUT2D eigenvalue weighted by atomic mass is 9.79. The molecular weight excluding hydrogens is 444 g/mol. The lowest BCUT2D eigenvalue weighted by Gasteiger charge is -2.24. The molecule has 7 rings (SSSR count). The van der Waals surface area contributed by atoms with E-state index in [2.05, 4.69) is 120 Å². The third kappa shape index (κ3) is 3.21. The van der Waals surface area contributed by atoms with Crippen molar-refractivity contribution in [2.24, 2.45) is 0 Å². The number of rotatable bonds is 2. The van der Waals surface area contributed by atoms with Gasteiger partial charge in [-0.2, -0.15) is 0 Å². The molecule has 37 heavy (non-hydrogen) atoms. The highest BCUT2D eigenvalue weighted by Crippen LogP contribution is 2.52. The molecule has 0 saturated heterocycles. The summed E-state index contributed by atoms with van der Waals surface area (Å²) >= 11 is 0. The second-order valence-electron chi connectivity index (χ2n) is 11.8. The Labute approximate surface area is 220 Å².